The van der Waals surface area contributed by atoms with Crippen molar-refractivity contribution in [2.45, 2.75) is 110 Å². The molecule has 0 spiro atoms. The van der Waals surface area contributed by atoms with E-state index in [-0.39, 0.29) is 24.2 Å². The van der Waals surface area contributed by atoms with Gasteiger partial charge < -0.3 is 17.7 Å². The summed E-state index contributed by atoms with van der Waals surface area (Å²) in [6.45, 7) is 5.57. The molecule has 0 saturated carbocycles. The lowest BCUT2D eigenvalue weighted by molar-refractivity contribution is -0.129. The highest BCUT2D eigenvalue weighted by atomic mass is 35.5. The van der Waals surface area contributed by atoms with E-state index in [1.165, 1.54) is 69.9 Å². The summed E-state index contributed by atoms with van der Waals surface area (Å²) in [5, 5.41) is 3.11. The van der Waals surface area contributed by atoms with Gasteiger partial charge in [0.1, 0.15) is 5.69 Å². The van der Waals surface area contributed by atoms with E-state index in [1.807, 2.05) is 11.0 Å². The van der Waals surface area contributed by atoms with Gasteiger partial charge in [0.2, 0.25) is 11.8 Å². The molecule has 0 radical (unpaired) electrons. The summed E-state index contributed by atoms with van der Waals surface area (Å²) in [7, 11) is 2.23. The lowest BCUT2D eigenvalue weighted by Crippen LogP contribution is -3.00. The maximum atomic E-state index is 12.2. The molecule has 206 valence electrons. The molecule has 0 aliphatic carbocycles. The Morgan fingerprint density at radius 1 is 0.889 bits per heavy atom. The van der Waals surface area contributed by atoms with Crippen LogP contribution in [0.3, 0.4) is 0 Å². The molecule has 2 amide bonds. The highest BCUT2D eigenvalue weighted by molar-refractivity contribution is 5.78. The summed E-state index contributed by atoms with van der Waals surface area (Å²) in [6.07, 6.45) is 18.7. The second-order valence-corrected chi connectivity index (χ2v) is 10.7. The van der Waals surface area contributed by atoms with Crippen LogP contribution in [0.5, 0.6) is 0 Å². The third kappa shape index (κ3) is 13.1. The number of nitrogens with zero attached hydrogens (tertiary/aromatic N) is 2. The number of halogens is 1. The maximum Gasteiger partial charge on any atom is 0.226 e. The number of amides is 2. The van der Waals surface area contributed by atoms with Crippen molar-refractivity contribution < 1.29 is 22.0 Å². The predicted molar refractivity (Wildman–Crippen MR) is 148 cm³/mol. The molecule has 1 saturated heterocycles. The molecule has 1 heterocycles. The number of unbranched alkanes of at least 4 members (excludes halogenated alkanes) is 11. The maximum absolute atomic E-state index is 12.2. The first-order valence-corrected chi connectivity index (χ1v) is 14.5. The van der Waals surface area contributed by atoms with E-state index in [2.05, 4.69) is 43.6 Å². The van der Waals surface area contributed by atoms with E-state index in [0.717, 1.165) is 56.5 Å². The van der Waals surface area contributed by atoms with Crippen LogP contribution >= 0.6 is 0 Å². The molecule has 1 unspecified atom stereocenters. The van der Waals surface area contributed by atoms with Crippen molar-refractivity contribution in [1.82, 2.24) is 14.7 Å². The van der Waals surface area contributed by atoms with Crippen molar-refractivity contribution >= 4 is 17.5 Å². The van der Waals surface area contributed by atoms with E-state index >= 15 is 0 Å². The van der Waals surface area contributed by atoms with Gasteiger partial charge in [0.15, 0.2) is 6.67 Å². The topological polar surface area (TPSA) is 49.4 Å². The molecule has 36 heavy (non-hydrogen) atoms. The van der Waals surface area contributed by atoms with Gasteiger partial charge in [0, 0.05) is 25.9 Å². The molecular formula is C30H52ClN3O2. The van der Waals surface area contributed by atoms with Crippen LogP contribution in [0.25, 0.3) is 0 Å². The predicted octanol–water partition coefficient (Wildman–Crippen LogP) is 3.81. The Morgan fingerprint density at radius 2 is 1.50 bits per heavy atom. The molecule has 2 rings (SSSR count). The van der Waals surface area contributed by atoms with Crippen LogP contribution in [0.2, 0.25) is 0 Å². The molecule has 1 aromatic carbocycles. The Hall–Kier alpha value is -1.59. The highest BCUT2D eigenvalue weighted by Crippen LogP contribution is 2.24. The van der Waals surface area contributed by atoms with Gasteiger partial charge >= 0.3 is 0 Å². The Morgan fingerprint density at radius 3 is 2.08 bits per heavy atom. The second kappa shape index (κ2) is 19.5. The molecule has 0 aromatic heterocycles. The summed E-state index contributed by atoms with van der Waals surface area (Å²) < 4.78 is 0.735. The third-order valence-electron chi connectivity index (χ3n) is 7.44. The fraction of sp³-hybridized carbons (Fsp3) is 0.733. The van der Waals surface area contributed by atoms with E-state index in [4.69, 9.17) is 0 Å². The smallest absolute Gasteiger partial charge is 0.226 e. The van der Waals surface area contributed by atoms with Gasteiger partial charge in [-0.05, 0) is 37.8 Å². The largest absolute Gasteiger partial charge is 1.00 e. The number of likely N-dealkylation sites (tertiary alicyclic amines) is 1. The van der Waals surface area contributed by atoms with Crippen molar-refractivity contribution in [2.24, 2.45) is 0 Å². The molecule has 1 aliphatic heterocycles. The molecule has 1 aliphatic rings. The molecule has 1 aromatic rings. The number of hydrogen-bond donors (Lipinski definition) is 1. The number of para-hydroxylation sites is 1. The Balaban J connectivity index is 0.00000648. The van der Waals surface area contributed by atoms with Gasteiger partial charge in [0.25, 0.3) is 0 Å². The zero-order chi connectivity index (χ0) is 25.2. The summed E-state index contributed by atoms with van der Waals surface area (Å²) in [4.78, 5) is 26.4. The average Bonchev–Trinajstić information content (AvgIpc) is 3.26. The van der Waals surface area contributed by atoms with Crippen molar-refractivity contribution in [1.29, 1.82) is 0 Å². The molecule has 1 N–H and O–H groups in total. The summed E-state index contributed by atoms with van der Waals surface area (Å²) in [5.74, 6) is 0.476. The summed E-state index contributed by atoms with van der Waals surface area (Å²) >= 11 is 0. The molecule has 1 atom stereocenters. The van der Waals surface area contributed by atoms with Crippen molar-refractivity contribution in [3.63, 3.8) is 0 Å². The number of nitrogens with one attached hydrogen (secondary N) is 1. The van der Waals surface area contributed by atoms with Crippen LogP contribution in [0.1, 0.15) is 110 Å². The number of hydrogen-bond acceptors (Lipinski definition) is 2. The van der Waals surface area contributed by atoms with E-state index in [1.54, 1.807) is 0 Å². The van der Waals surface area contributed by atoms with Crippen LogP contribution in [-0.4, -0.2) is 50.1 Å². The molecular weight excluding hydrogens is 470 g/mol. The van der Waals surface area contributed by atoms with Crippen molar-refractivity contribution in [2.75, 3.05) is 33.4 Å². The third-order valence-corrected chi connectivity index (χ3v) is 7.44. The monoisotopic (exact) mass is 521 g/mol. The van der Waals surface area contributed by atoms with Crippen molar-refractivity contribution in [3.05, 3.63) is 30.3 Å². The lowest BCUT2D eigenvalue weighted by atomic mass is 10.1. The van der Waals surface area contributed by atoms with Gasteiger partial charge in [-0.2, -0.15) is 0 Å². The van der Waals surface area contributed by atoms with Crippen molar-refractivity contribution in [3.8, 4) is 0 Å². The average molecular weight is 522 g/mol. The van der Waals surface area contributed by atoms with E-state index in [9.17, 15) is 9.59 Å². The molecule has 1 fully saturated rings. The highest BCUT2D eigenvalue weighted by Gasteiger charge is 2.31. The number of rotatable bonds is 20. The minimum Gasteiger partial charge on any atom is -1.00 e. The van der Waals surface area contributed by atoms with Crippen LogP contribution in [0.15, 0.2) is 30.3 Å². The fourth-order valence-corrected chi connectivity index (χ4v) is 5.15. The first-order valence-electron chi connectivity index (χ1n) is 14.5. The van der Waals surface area contributed by atoms with Gasteiger partial charge in [-0.1, -0.05) is 89.3 Å². The Kier molecular flexibility index (Phi) is 17.6. The fourth-order valence-electron chi connectivity index (χ4n) is 5.15. The van der Waals surface area contributed by atoms with Crippen LogP contribution in [0.4, 0.5) is 5.69 Å². The standard InChI is InChI=1S/C30H51N3O2.ClH/c1-3-4-5-6-7-8-9-10-11-12-16-22-29(34)31-24-17-18-26-33(2,28-20-14-13-15-21-28)27-32-25-19-23-30(32)35;/h13-15,20-21H,3-12,16-19,22-27H2,1-2H3;1H. The van der Waals surface area contributed by atoms with Gasteiger partial charge in [-0.3, -0.25) is 19.0 Å². The van der Waals surface area contributed by atoms with Crippen LogP contribution in [0, 0.1) is 0 Å². The first kappa shape index (κ1) is 32.4. The number of benzene rings is 1. The van der Waals surface area contributed by atoms with E-state index in [0.29, 0.717) is 12.8 Å². The van der Waals surface area contributed by atoms with Gasteiger partial charge in [0.05, 0.1) is 13.6 Å². The number of carbonyl (C=O) groups is 2. The Bertz CT molecular complexity index is 715. The molecule has 0 bridgehead atoms. The zero-order valence-electron chi connectivity index (χ0n) is 23.1. The Labute approximate surface area is 227 Å². The summed E-state index contributed by atoms with van der Waals surface area (Å²) in [5.41, 5.74) is 1.24. The zero-order valence-corrected chi connectivity index (χ0v) is 23.9. The van der Waals surface area contributed by atoms with Crippen LogP contribution in [-0.2, 0) is 9.59 Å². The molecule has 5 nitrogen and oxygen atoms in total. The number of quaternary nitrogens is 1. The quantitative estimate of drug-likeness (QED) is 0.209. The second-order valence-electron chi connectivity index (χ2n) is 10.7. The van der Waals surface area contributed by atoms with Gasteiger partial charge in [-0.15, -0.1) is 0 Å². The van der Waals surface area contributed by atoms with Crippen LogP contribution < -0.4 is 22.2 Å². The first-order chi connectivity index (χ1) is 17.0. The van der Waals surface area contributed by atoms with E-state index < -0.39 is 0 Å². The molecule has 6 heteroatoms. The normalized spacial score (nSPS) is 14.9. The minimum absolute atomic E-state index is 0. The summed E-state index contributed by atoms with van der Waals surface area (Å²) in [6, 6.07) is 10.5. The van der Waals surface area contributed by atoms with Gasteiger partial charge in [-0.25, -0.2) is 0 Å². The number of carbonyl (C=O) groups excluding carboxylic acids is 2. The SMILES string of the molecule is CCCCCCCCCCCCCC(=O)NCCCC[N+](C)(CN1CCCC1=O)c1ccccc1.[Cl-]. The minimum atomic E-state index is 0. The lowest BCUT2D eigenvalue weighted by Gasteiger charge is -2.37.